The Balaban J connectivity index is 1.69. The summed E-state index contributed by atoms with van der Waals surface area (Å²) in [7, 11) is 0. The standard InChI is InChI=1S/C19H14Cl2FN3O/c20-15-4-2-1-3-12(15)11-24-13-7-8-23-18(10-13)19(26)25-14-5-6-17(22)16(21)9-14/h1-10H,11H2,(H,23,24)(H,25,26). The van der Waals surface area contributed by atoms with E-state index >= 15 is 0 Å². The van der Waals surface area contributed by atoms with Gasteiger partial charge in [-0.3, -0.25) is 9.78 Å². The maximum absolute atomic E-state index is 13.2. The Labute approximate surface area is 160 Å². The zero-order chi connectivity index (χ0) is 18.5. The van der Waals surface area contributed by atoms with Crippen LogP contribution in [0.1, 0.15) is 16.1 Å². The highest BCUT2D eigenvalue weighted by atomic mass is 35.5. The molecule has 132 valence electrons. The summed E-state index contributed by atoms with van der Waals surface area (Å²) in [5.74, 6) is -0.970. The van der Waals surface area contributed by atoms with Crippen LogP contribution in [0.4, 0.5) is 15.8 Å². The summed E-state index contributed by atoms with van der Waals surface area (Å²) in [6.45, 7) is 0.512. The van der Waals surface area contributed by atoms with E-state index in [-0.39, 0.29) is 10.7 Å². The number of pyridine rings is 1. The second-order valence-corrected chi connectivity index (χ2v) is 6.27. The van der Waals surface area contributed by atoms with Crippen molar-refractivity contribution in [3.8, 4) is 0 Å². The van der Waals surface area contributed by atoms with Crippen molar-refractivity contribution in [2.45, 2.75) is 6.54 Å². The first-order valence-corrected chi connectivity index (χ1v) is 8.48. The van der Waals surface area contributed by atoms with Gasteiger partial charge >= 0.3 is 0 Å². The molecule has 0 aliphatic heterocycles. The lowest BCUT2D eigenvalue weighted by Gasteiger charge is -2.10. The Morgan fingerprint density at radius 3 is 2.58 bits per heavy atom. The summed E-state index contributed by atoms with van der Waals surface area (Å²) in [5, 5.41) is 6.44. The Morgan fingerprint density at radius 1 is 1.00 bits per heavy atom. The number of nitrogens with one attached hydrogen (secondary N) is 2. The highest BCUT2D eigenvalue weighted by molar-refractivity contribution is 6.31. The maximum Gasteiger partial charge on any atom is 0.274 e. The van der Waals surface area contributed by atoms with Crippen LogP contribution in [0.5, 0.6) is 0 Å². The monoisotopic (exact) mass is 389 g/mol. The lowest BCUT2D eigenvalue weighted by Crippen LogP contribution is -2.14. The van der Waals surface area contributed by atoms with Crippen molar-refractivity contribution in [2.75, 3.05) is 10.6 Å². The molecule has 0 unspecified atom stereocenters. The molecule has 0 radical (unpaired) electrons. The van der Waals surface area contributed by atoms with Gasteiger partial charge in [-0.2, -0.15) is 0 Å². The molecule has 0 bridgehead atoms. The molecular formula is C19H14Cl2FN3O. The predicted molar refractivity (Wildman–Crippen MR) is 102 cm³/mol. The molecule has 0 saturated carbocycles. The van der Waals surface area contributed by atoms with Crippen molar-refractivity contribution in [2.24, 2.45) is 0 Å². The lowest BCUT2D eigenvalue weighted by atomic mass is 10.2. The molecule has 3 rings (SSSR count). The Kier molecular flexibility index (Phi) is 5.71. The smallest absolute Gasteiger partial charge is 0.274 e. The largest absolute Gasteiger partial charge is 0.381 e. The molecule has 1 aromatic heterocycles. The third kappa shape index (κ3) is 4.50. The predicted octanol–water partition coefficient (Wildman–Crippen LogP) is 5.39. The number of amides is 1. The molecule has 4 nitrogen and oxygen atoms in total. The van der Waals surface area contributed by atoms with Gasteiger partial charge in [-0.05, 0) is 42.0 Å². The van der Waals surface area contributed by atoms with Crippen molar-refractivity contribution in [3.05, 3.63) is 87.9 Å². The fraction of sp³-hybridized carbons (Fsp3) is 0.0526. The Morgan fingerprint density at radius 2 is 1.81 bits per heavy atom. The van der Waals surface area contributed by atoms with Gasteiger partial charge in [0.15, 0.2) is 0 Å². The third-order valence-electron chi connectivity index (χ3n) is 3.61. The molecule has 26 heavy (non-hydrogen) atoms. The lowest BCUT2D eigenvalue weighted by molar-refractivity contribution is 0.102. The molecule has 1 heterocycles. The van der Waals surface area contributed by atoms with Gasteiger partial charge in [0, 0.05) is 29.1 Å². The van der Waals surface area contributed by atoms with Crippen LogP contribution in [0.3, 0.4) is 0 Å². The van der Waals surface area contributed by atoms with Crippen LogP contribution in [0, 0.1) is 5.82 Å². The first kappa shape index (κ1) is 18.2. The molecular weight excluding hydrogens is 376 g/mol. The van der Waals surface area contributed by atoms with Crippen LogP contribution >= 0.6 is 23.2 Å². The van der Waals surface area contributed by atoms with Gasteiger partial charge in [0.25, 0.3) is 5.91 Å². The van der Waals surface area contributed by atoms with E-state index in [1.165, 1.54) is 24.4 Å². The third-order valence-corrected chi connectivity index (χ3v) is 4.27. The van der Waals surface area contributed by atoms with Crippen molar-refractivity contribution >= 4 is 40.5 Å². The number of carbonyl (C=O) groups is 1. The van der Waals surface area contributed by atoms with Gasteiger partial charge in [0.05, 0.1) is 5.02 Å². The van der Waals surface area contributed by atoms with Crippen molar-refractivity contribution in [3.63, 3.8) is 0 Å². The fourth-order valence-electron chi connectivity index (χ4n) is 2.27. The fourth-order valence-corrected chi connectivity index (χ4v) is 2.66. The van der Waals surface area contributed by atoms with Crippen molar-refractivity contribution < 1.29 is 9.18 Å². The molecule has 3 aromatic rings. The van der Waals surface area contributed by atoms with E-state index in [1.54, 1.807) is 12.1 Å². The van der Waals surface area contributed by atoms with Crippen LogP contribution in [-0.2, 0) is 6.54 Å². The molecule has 0 aliphatic rings. The molecule has 0 spiro atoms. The number of aromatic nitrogens is 1. The first-order chi connectivity index (χ1) is 12.5. The molecule has 0 aliphatic carbocycles. The minimum absolute atomic E-state index is 0.0640. The van der Waals surface area contributed by atoms with Gasteiger partial charge in [-0.25, -0.2) is 4.39 Å². The topological polar surface area (TPSA) is 54.0 Å². The highest BCUT2D eigenvalue weighted by Gasteiger charge is 2.10. The quantitative estimate of drug-likeness (QED) is 0.614. The van der Waals surface area contributed by atoms with Crippen LogP contribution in [0.15, 0.2) is 60.8 Å². The van der Waals surface area contributed by atoms with Gasteiger partial charge in [0.1, 0.15) is 11.5 Å². The minimum Gasteiger partial charge on any atom is -0.381 e. The number of carbonyl (C=O) groups excluding carboxylic acids is 1. The summed E-state index contributed by atoms with van der Waals surface area (Å²) in [6, 6.07) is 14.8. The summed E-state index contributed by atoms with van der Waals surface area (Å²) in [5.41, 5.74) is 2.27. The van der Waals surface area contributed by atoms with E-state index < -0.39 is 11.7 Å². The number of hydrogen-bond donors (Lipinski definition) is 2. The molecule has 0 saturated heterocycles. The maximum atomic E-state index is 13.2. The van der Waals surface area contributed by atoms with Crippen molar-refractivity contribution in [1.29, 1.82) is 0 Å². The second kappa shape index (κ2) is 8.17. The van der Waals surface area contributed by atoms with Gasteiger partial charge in [-0.15, -0.1) is 0 Å². The van der Waals surface area contributed by atoms with Gasteiger partial charge in [-0.1, -0.05) is 41.4 Å². The number of nitrogens with zero attached hydrogens (tertiary/aromatic N) is 1. The van der Waals surface area contributed by atoms with Crippen LogP contribution < -0.4 is 10.6 Å². The first-order valence-electron chi connectivity index (χ1n) is 7.72. The number of rotatable bonds is 5. The average molecular weight is 390 g/mol. The molecule has 0 fully saturated rings. The molecule has 0 atom stereocenters. The van der Waals surface area contributed by atoms with E-state index in [2.05, 4.69) is 15.6 Å². The van der Waals surface area contributed by atoms with Crippen LogP contribution in [0.2, 0.25) is 10.0 Å². The average Bonchev–Trinajstić information content (AvgIpc) is 2.64. The van der Waals surface area contributed by atoms with E-state index in [0.29, 0.717) is 17.3 Å². The minimum atomic E-state index is -0.548. The molecule has 2 aromatic carbocycles. The Bertz CT molecular complexity index is 950. The van der Waals surface area contributed by atoms with E-state index in [0.717, 1.165) is 11.3 Å². The molecule has 2 N–H and O–H groups in total. The molecule has 1 amide bonds. The Hall–Kier alpha value is -2.63. The number of hydrogen-bond acceptors (Lipinski definition) is 3. The summed E-state index contributed by atoms with van der Waals surface area (Å²) >= 11 is 11.9. The number of anilines is 2. The number of benzene rings is 2. The van der Waals surface area contributed by atoms with Crippen LogP contribution in [0.25, 0.3) is 0 Å². The van der Waals surface area contributed by atoms with E-state index in [1.807, 2.05) is 24.3 Å². The van der Waals surface area contributed by atoms with Gasteiger partial charge < -0.3 is 10.6 Å². The van der Waals surface area contributed by atoms with Crippen LogP contribution in [-0.4, -0.2) is 10.9 Å². The number of halogens is 3. The zero-order valence-corrected chi connectivity index (χ0v) is 15.0. The summed E-state index contributed by atoms with van der Waals surface area (Å²) < 4.78 is 13.2. The van der Waals surface area contributed by atoms with Gasteiger partial charge in [0.2, 0.25) is 0 Å². The summed E-state index contributed by atoms with van der Waals surface area (Å²) in [6.07, 6.45) is 1.53. The highest BCUT2D eigenvalue weighted by Crippen LogP contribution is 2.20. The normalized spacial score (nSPS) is 10.4. The second-order valence-electron chi connectivity index (χ2n) is 5.46. The summed E-state index contributed by atoms with van der Waals surface area (Å²) in [4.78, 5) is 16.4. The SMILES string of the molecule is O=C(Nc1ccc(F)c(Cl)c1)c1cc(NCc2ccccc2Cl)ccn1. The van der Waals surface area contributed by atoms with E-state index in [4.69, 9.17) is 23.2 Å². The van der Waals surface area contributed by atoms with E-state index in [9.17, 15) is 9.18 Å². The van der Waals surface area contributed by atoms with Crippen molar-refractivity contribution in [1.82, 2.24) is 4.98 Å². The zero-order valence-electron chi connectivity index (χ0n) is 13.5. The molecule has 7 heteroatoms.